The zero-order chi connectivity index (χ0) is 25.6. The summed E-state index contributed by atoms with van der Waals surface area (Å²) in [7, 11) is 1.34. The molecule has 0 saturated carbocycles. The van der Waals surface area contributed by atoms with Gasteiger partial charge in [0, 0.05) is 18.2 Å². The fourth-order valence-electron chi connectivity index (χ4n) is 4.22. The lowest BCUT2D eigenvalue weighted by atomic mass is 9.97. The molecule has 0 aliphatic heterocycles. The first-order valence-corrected chi connectivity index (χ1v) is 12.1. The van der Waals surface area contributed by atoms with Crippen molar-refractivity contribution in [3.63, 3.8) is 0 Å². The van der Waals surface area contributed by atoms with E-state index in [1.165, 1.54) is 7.05 Å². The van der Waals surface area contributed by atoms with Crippen molar-refractivity contribution >= 4 is 21.7 Å². The van der Waals surface area contributed by atoms with Crippen molar-refractivity contribution in [2.24, 2.45) is 7.05 Å². The Balaban J connectivity index is 1.48. The number of fused-ring (bicyclic) bond motifs is 1. The topological polar surface area (TPSA) is 65.6 Å². The normalized spacial score (nSPS) is 12.1. The number of rotatable bonds is 5. The van der Waals surface area contributed by atoms with E-state index in [0.717, 1.165) is 38.8 Å². The van der Waals surface area contributed by atoms with Gasteiger partial charge >= 0.3 is 11.0 Å². The Bertz CT molecular complexity index is 1610. The number of hydrogen-bond donors (Lipinski definition) is 0. The molecule has 3 heterocycles. The zero-order valence-electron chi connectivity index (χ0n) is 19.7. The van der Waals surface area contributed by atoms with E-state index >= 15 is 0 Å². The minimum Gasteiger partial charge on any atom is -0.324 e. The van der Waals surface area contributed by atoms with Crippen molar-refractivity contribution in [1.82, 2.24) is 24.1 Å². The zero-order valence-corrected chi connectivity index (χ0v) is 20.6. The van der Waals surface area contributed by atoms with Crippen molar-refractivity contribution in [2.45, 2.75) is 32.5 Å². The summed E-state index contributed by atoms with van der Waals surface area (Å²) in [6.45, 7) is 4.49. The molecule has 0 bridgehead atoms. The predicted octanol–water partition coefficient (Wildman–Crippen LogP) is 6.11. The van der Waals surface area contributed by atoms with E-state index in [4.69, 9.17) is 4.98 Å². The summed E-state index contributed by atoms with van der Waals surface area (Å²) in [6.07, 6.45) is -1.97. The van der Waals surface area contributed by atoms with Gasteiger partial charge in [-0.1, -0.05) is 73.7 Å². The molecule has 0 aliphatic carbocycles. The number of alkyl halides is 3. The monoisotopic (exact) mass is 509 g/mol. The Kier molecular flexibility index (Phi) is 5.99. The lowest BCUT2D eigenvalue weighted by Crippen LogP contribution is -2.14. The molecule has 3 aromatic heterocycles. The van der Waals surface area contributed by atoms with Crippen molar-refractivity contribution in [3.05, 3.63) is 87.4 Å². The van der Waals surface area contributed by atoms with Crippen LogP contribution < -0.4 is 4.87 Å². The van der Waals surface area contributed by atoms with Gasteiger partial charge in [0.05, 0.1) is 23.6 Å². The highest BCUT2D eigenvalue weighted by atomic mass is 32.1. The highest BCUT2D eigenvalue weighted by Crippen LogP contribution is 2.32. The summed E-state index contributed by atoms with van der Waals surface area (Å²) >= 11 is 1.08. The molecule has 5 aromatic rings. The van der Waals surface area contributed by atoms with Gasteiger partial charge in [-0.05, 0) is 17.0 Å². The highest BCUT2D eigenvalue weighted by Gasteiger charge is 2.35. The Hall–Kier alpha value is -3.79. The van der Waals surface area contributed by atoms with Crippen LogP contribution in [0.2, 0.25) is 0 Å². The lowest BCUT2D eigenvalue weighted by Gasteiger charge is -2.12. The molecule has 0 N–H and O–H groups in total. The molecule has 0 aliphatic rings. The van der Waals surface area contributed by atoms with Gasteiger partial charge in [0.2, 0.25) is 0 Å². The Labute approximate surface area is 208 Å². The van der Waals surface area contributed by atoms with Crippen molar-refractivity contribution in [2.75, 3.05) is 0 Å². The van der Waals surface area contributed by atoms with Crippen LogP contribution in [-0.2, 0) is 19.8 Å². The molecule has 0 unspecified atom stereocenters. The number of imidazole rings is 1. The molecule has 0 radical (unpaired) electrons. The number of aromatic nitrogens is 5. The van der Waals surface area contributed by atoms with Crippen LogP contribution in [0.25, 0.3) is 33.1 Å². The van der Waals surface area contributed by atoms with E-state index in [1.54, 1.807) is 35.0 Å². The molecule has 184 valence electrons. The maximum Gasteiger partial charge on any atom is 0.433 e. The minimum atomic E-state index is -4.47. The second-order valence-corrected chi connectivity index (χ2v) is 9.79. The quantitative estimate of drug-likeness (QED) is 0.287. The van der Waals surface area contributed by atoms with Crippen molar-refractivity contribution in [3.8, 4) is 22.8 Å². The fourth-order valence-corrected chi connectivity index (χ4v) is 5.02. The third-order valence-corrected chi connectivity index (χ3v) is 6.97. The Morgan fingerprint density at radius 1 is 1.00 bits per heavy atom. The molecule has 0 spiro atoms. The summed E-state index contributed by atoms with van der Waals surface area (Å²) in [5, 5.41) is 0. The molecule has 0 amide bonds. The summed E-state index contributed by atoms with van der Waals surface area (Å²) in [5.74, 6) is 1.06. The Morgan fingerprint density at radius 2 is 1.72 bits per heavy atom. The van der Waals surface area contributed by atoms with Gasteiger partial charge in [0.1, 0.15) is 11.5 Å². The molecule has 36 heavy (non-hydrogen) atoms. The predicted molar refractivity (Wildman–Crippen MR) is 134 cm³/mol. The average Bonchev–Trinajstić information content (AvgIpc) is 3.38. The molecular weight excluding hydrogens is 487 g/mol. The van der Waals surface area contributed by atoms with E-state index in [-0.39, 0.29) is 23.2 Å². The lowest BCUT2D eigenvalue weighted by molar-refractivity contribution is -0.143. The number of nitrogens with zero attached hydrogens (tertiary/aromatic N) is 5. The largest absolute Gasteiger partial charge is 0.433 e. The van der Waals surface area contributed by atoms with Gasteiger partial charge in [-0.25, -0.2) is 15.0 Å². The molecule has 10 heteroatoms. The average molecular weight is 510 g/mol. The molecule has 0 atom stereocenters. The molecule has 6 nitrogen and oxygen atoms in total. The number of halogens is 3. The van der Waals surface area contributed by atoms with Crippen LogP contribution >= 0.6 is 11.3 Å². The van der Waals surface area contributed by atoms with Gasteiger partial charge in [-0.2, -0.15) is 13.2 Å². The van der Waals surface area contributed by atoms with Gasteiger partial charge < -0.3 is 4.57 Å². The first-order chi connectivity index (χ1) is 17.1. The molecule has 0 saturated heterocycles. The Morgan fingerprint density at radius 3 is 2.39 bits per heavy atom. The minimum absolute atomic E-state index is 0.156. The van der Waals surface area contributed by atoms with E-state index in [1.807, 2.05) is 18.2 Å². The molecule has 5 rings (SSSR count). The fraction of sp³-hybridized carbons (Fsp3) is 0.231. The first kappa shape index (κ1) is 23.9. The standard InChI is InChI=1S/C26H22F3N5OS/c1-15(2)18-6-4-5-7-19(18)22-30-12-20-24(32-22)34(25(35)36-20)14-16-8-10-17(11-9-16)23-31-13-21(33(23)3)26(27,28)29/h4-13,15H,14H2,1-3H3. The van der Waals surface area contributed by atoms with Gasteiger partial charge in [0.25, 0.3) is 0 Å². The molecule has 0 fully saturated rings. The van der Waals surface area contributed by atoms with Crippen LogP contribution in [0.15, 0.2) is 65.7 Å². The van der Waals surface area contributed by atoms with Crippen molar-refractivity contribution < 1.29 is 13.2 Å². The van der Waals surface area contributed by atoms with Gasteiger partial charge in [0.15, 0.2) is 11.5 Å². The summed E-state index contributed by atoms with van der Waals surface area (Å²) in [6, 6.07) is 14.9. The maximum atomic E-state index is 13.1. The molecular formula is C26H22F3N5OS. The van der Waals surface area contributed by atoms with Gasteiger partial charge in [-0.3, -0.25) is 9.36 Å². The second-order valence-electron chi connectivity index (χ2n) is 8.80. The smallest absolute Gasteiger partial charge is 0.324 e. The number of benzene rings is 2. The van der Waals surface area contributed by atoms with E-state index in [9.17, 15) is 18.0 Å². The number of thiazole rings is 1. The second kappa shape index (κ2) is 9.02. The van der Waals surface area contributed by atoms with Crippen LogP contribution in [0.1, 0.15) is 36.6 Å². The van der Waals surface area contributed by atoms with Crippen LogP contribution in [-0.4, -0.2) is 24.1 Å². The SMILES string of the molecule is CC(C)c1ccccc1-c1ncc2sc(=O)n(Cc3ccc(-c4ncc(C(F)(F)F)n4C)cc3)c2n1. The first-order valence-electron chi connectivity index (χ1n) is 11.3. The van der Waals surface area contributed by atoms with Crippen LogP contribution in [0.3, 0.4) is 0 Å². The third-order valence-electron chi connectivity index (χ3n) is 6.06. The van der Waals surface area contributed by atoms with E-state index in [2.05, 4.69) is 29.9 Å². The van der Waals surface area contributed by atoms with E-state index < -0.39 is 11.9 Å². The van der Waals surface area contributed by atoms with Crippen LogP contribution in [0.5, 0.6) is 0 Å². The van der Waals surface area contributed by atoms with Gasteiger partial charge in [-0.15, -0.1) is 0 Å². The number of hydrogen-bond acceptors (Lipinski definition) is 5. The third kappa shape index (κ3) is 4.32. The van der Waals surface area contributed by atoms with Crippen molar-refractivity contribution in [1.29, 1.82) is 0 Å². The molecule has 2 aromatic carbocycles. The summed E-state index contributed by atoms with van der Waals surface area (Å²) in [5.41, 5.74) is 3.16. The van der Waals surface area contributed by atoms with Crippen LogP contribution in [0, 0.1) is 0 Å². The van der Waals surface area contributed by atoms with Crippen LogP contribution in [0.4, 0.5) is 13.2 Å². The highest BCUT2D eigenvalue weighted by molar-refractivity contribution is 7.16. The maximum absolute atomic E-state index is 13.1. The summed E-state index contributed by atoms with van der Waals surface area (Å²) in [4.78, 5) is 25.8. The summed E-state index contributed by atoms with van der Waals surface area (Å²) < 4.78 is 42.7. The van der Waals surface area contributed by atoms with E-state index in [0.29, 0.717) is 21.7 Å².